The van der Waals surface area contributed by atoms with Crippen LogP contribution in [-0.2, 0) is 6.54 Å². The maximum Gasteiger partial charge on any atom is 0.488 e. The third kappa shape index (κ3) is 4.08. The second-order valence-corrected chi connectivity index (χ2v) is 4.53. The zero-order chi connectivity index (χ0) is 15.2. The Morgan fingerprint density at radius 2 is 1.71 bits per heavy atom. The van der Waals surface area contributed by atoms with Gasteiger partial charge in [-0.15, -0.1) is 0 Å². The SMILES string of the molecule is COc1ccc(CNC(=O)c2ccc(B(O)O)cc2)cc1. The second kappa shape index (κ2) is 6.92. The number of ether oxygens (including phenoxy) is 1. The summed E-state index contributed by atoms with van der Waals surface area (Å²) in [6, 6.07) is 13.5. The molecular weight excluding hydrogens is 269 g/mol. The summed E-state index contributed by atoms with van der Waals surface area (Å²) in [5.41, 5.74) is 1.78. The Bertz CT molecular complexity index is 596. The predicted molar refractivity (Wildman–Crippen MR) is 80.4 cm³/mol. The fourth-order valence-electron chi connectivity index (χ4n) is 1.83. The molecule has 0 spiro atoms. The van der Waals surface area contributed by atoms with Gasteiger partial charge < -0.3 is 20.1 Å². The van der Waals surface area contributed by atoms with Gasteiger partial charge in [-0.2, -0.15) is 0 Å². The molecule has 0 aliphatic rings. The van der Waals surface area contributed by atoms with E-state index in [9.17, 15) is 4.79 Å². The largest absolute Gasteiger partial charge is 0.497 e. The maximum absolute atomic E-state index is 12.0. The topological polar surface area (TPSA) is 78.8 Å². The smallest absolute Gasteiger partial charge is 0.488 e. The van der Waals surface area contributed by atoms with Gasteiger partial charge in [0, 0.05) is 12.1 Å². The summed E-state index contributed by atoms with van der Waals surface area (Å²) in [6.07, 6.45) is 0. The standard InChI is InChI=1S/C15H16BNO4/c1-21-14-8-2-11(3-9-14)10-17-15(18)12-4-6-13(7-5-12)16(19)20/h2-9,19-20H,10H2,1H3,(H,17,18). The zero-order valence-electron chi connectivity index (χ0n) is 11.6. The van der Waals surface area contributed by atoms with Crippen LogP contribution in [0.3, 0.4) is 0 Å². The van der Waals surface area contributed by atoms with Crippen LogP contribution in [0.15, 0.2) is 48.5 Å². The van der Waals surface area contributed by atoms with Gasteiger partial charge in [-0.3, -0.25) is 4.79 Å². The number of nitrogens with one attached hydrogen (secondary N) is 1. The van der Waals surface area contributed by atoms with Crippen LogP contribution < -0.4 is 15.5 Å². The van der Waals surface area contributed by atoms with Crippen LogP contribution in [0.4, 0.5) is 0 Å². The summed E-state index contributed by atoms with van der Waals surface area (Å²) in [6.45, 7) is 0.410. The molecule has 0 bridgehead atoms. The summed E-state index contributed by atoms with van der Waals surface area (Å²) in [4.78, 5) is 12.0. The Labute approximate surface area is 123 Å². The molecule has 1 amide bonds. The molecule has 0 atom stereocenters. The monoisotopic (exact) mass is 285 g/mol. The van der Waals surface area contributed by atoms with Crippen molar-refractivity contribution < 1.29 is 19.6 Å². The highest BCUT2D eigenvalue weighted by Gasteiger charge is 2.11. The number of carbonyl (C=O) groups excluding carboxylic acids is 1. The van der Waals surface area contributed by atoms with Gasteiger partial charge in [-0.25, -0.2) is 0 Å². The summed E-state index contributed by atoms with van der Waals surface area (Å²) in [5.74, 6) is 0.549. The van der Waals surface area contributed by atoms with E-state index in [0.717, 1.165) is 11.3 Å². The predicted octanol–water partition coefficient (Wildman–Crippen LogP) is 0.305. The van der Waals surface area contributed by atoms with Gasteiger partial charge in [0.15, 0.2) is 0 Å². The molecule has 21 heavy (non-hydrogen) atoms. The lowest BCUT2D eigenvalue weighted by molar-refractivity contribution is 0.0951. The average Bonchev–Trinajstić information content (AvgIpc) is 2.53. The summed E-state index contributed by atoms with van der Waals surface area (Å²) in [5, 5.41) is 20.8. The van der Waals surface area contributed by atoms with Crippen molar-refractivity contribution in [1.29, 1.82) is 0 Å². The molecule has 3 N–H and O–H groups in total. The van der Waals surface area contributed by atoms with Crippen molar-refractivity contribution in [2.24, 2.45) is 0 Å². The molecule has 2 rings (SSSR count). The molecule has 0 unspecified atom stereocenters. The number of hydrogen-bond acceptors (Lipinski definition) is 4. The van der Waals surface area contributed by atoms with Crippen molar-refractivity contribution in [3.63, 3.8) is 0 Å². The first-order valence-corrected chi connectivity index (χ1v) is 6.47. The third-order valence-corrected chi connectivity index (χ3v) is 3.08. The summed E-state index contributed by atoms with van der Waals surface area (Å²) in [7, 11) is 0.0745. The third-order valence-electron chi connectivity index (χ3n) is 3.08. The van der Waals surface area contributed by atoms with Crippen molar-refractivity contribution in [3.05, 3.63) is 59.7 Å². The highest BCUT2D eigenvalue weighted by molar-refractivity contribution is 6.58. The van der Waals surface area contributed by atoms with Crippen LogP contribution in [0.5, 0.6) is 5.75 Å². The minimum atomic E-state index is -1.53. The molecule has 0 radical (unpaired) electrons. The van der Waals surface area contributed by atoms with Gasteiger partial charge in [-0.05, 0) is 35.3 Å². The molecule has 2 aromatic rings. The molecule has 0 saturated carbocycles. The van der Waals surface area contributed by atoms with E-state index in [2.05, 4.69) is 5.32 Å². The Hall–Kier alpha value is -2.31. The summed E-state index contributed by atoms with van der Waals surface area (Å²) < 4.78 is 5.07. The first kappa shape index (κ1) is 15.1. The van der Waals surface area contributed by atoms with Crippen LogP contribution in [0.2, 0.25) is 0 Å². The molecule has 108 valence electrons. The molecule has 0 aliphatic heterocycles. The van der Waals surface area contributed by atoms with Crippen LogP contribution in [0.1, 0.15) is 15.9 Å². The maximum atomic E-state index is 12.0. The van der Waals surface area contributed by atoms with Crippen LogP contribution in [0.25, 0.3) is 0 Å². The Morgan fingerprint density at radius 1 is 1.10 bits per heavy atom. The van der Waals surface area contributed by atoms with Crippen molar-refractivity contribution in [2.75, 3.05) is 7.11 Å². The average molecular weight is 285 g/mol. The zero-order valence-corrected chi connectivity index (χ0v) is 11.6. The molecular formula is C15H16BNO4. The number of rotatable bonds is 5. The van der Waals surface area contributed by atoms with Gasteiger partial charge in [-0.1, -0.05) is 24.3 Å². The molecule has 0 fully saturated rings. The quantitative estimate of drug-likeness (QED) is 0.691. The lowest BCUT2D eigenvalue weighted by Gasteiger charge is -2.07. The second-order valence-electron chi connectivity index (χ2n) is 4.53. The fourth-order valence-corrected chi connectivity index (χ4v) is 1.83. The lowest BCUT2D eigenvalue weighted by Crippen LogP contribution is -2.30. The van der Waals surface area contributed by atoms with E-state index in [1.165, 1.54) is 12.1 Å². The van der Waals surface area contributed by atoms with Crippen LogP contribution in [0, 0.1) is 0 Å². The molecule has 0 aromatic heterocycles. The molecule has 0 saturated heterocycles. The molecule has 0 aliphatic carbocycles. The van der Waals surface area contributed by atoms with E-state index >= 15 is 0 Å². The number of methoxy groups -OCH3 is 1. The van der Waals surface area contributed by atoms with E-state index in [1.807, 2.05) is 24.3 Å². The molecule has 2 aromatic carbocycles. The van der Waals surface area contributed by atoms with E-state index in [1.54, 1.807) is 19.2 Å². The minimum absolute atomic E-state index is 0.218. The first-order chi connectivity index (χ1) is 10.1. The van der Waals surface area contributed by atoms with Gasteiger partial charge in [0.05, 0.1) is 7.11 Å². The number of benzene rings is 2. The van der Waals surface area contributed by atoms with E-state index in [-0.39, 0.29) is 5.91 Å². The Balaban J connectivity index is 1.94. The highest BCUT2D eigenvalue weighted by Crippen LogP contribution is 2.11. The van der Waals surface area contributed by atoms with Crippen molar-refractivity contribution in [2.45, 2.75) is 6.54 Å². The van der Waals surface area contributed by atoms with Crippen LogP contribution in [-0.4, -0.2) is 30.2 Å². The minimum Gasteiger partial charge on any atom is -0.497 e. The van der Waals surface area contributed by atoms with Gasteiger partial charge in [0.1, 0.15) is 5.75 Å². The van der Waals surface area contributed by atoms with Crippen molar-refractivity contribution in [1.82, 2.24) is 5.32 Å². The van der Waals surface area contributed by atoms with Crippen LogP contribution >= 0.6 is 0 Å². The van der Waals surface area contributed by atoms with Crippen molar-refractivity contribution in [3.8, 4) is 5.75 Å². The molecule has 0 heterocycles. The molecule has 5 nitrogen and oxygen atoms in total. The Morgan fingerprint density at radius 3 is 2.24 bits per heavy atom. The number of hydrogen-bond donors (Lipinski definition) is 3. The van der Waals surface area contributed by atoms with Gasteiger partial charge in [0.2, 0.25) is 0 Å². The number of carbonyl (C=O) groups is 1. The summed E-state index contributed by atoms with van der Waals surface area (Å²) >= 11 is 0. The van der Waals surface area contributed by atoms with Gasteiger partial charge in [0.25, 0.3) is 5.91 Å². The van der Waals surface area contributed by atoms with Crippen molar-refractivity contribution >= 4 is 18.5 Å². The normalized spacial score (nSPS) is 10.0. The highest BCUT2D eigenvalue weighted by atomic mass is 16.5. The lowest BCUT2D eigenvalue weighted by atomic mass is 9.80. The van der Waals surface area contributed by atoms with E-state index < -0.39 is 7.12 Å². The van der Waals surface area contributed by atoms with E-state index in [4.69, 9.17) is 14.8 Å². The number of amides is 1. The Kier molecular flexibility index (Phi) is 4.97. The first-order valence-electron chi connectivity index (χ1n) is 6.47. The van der Waals surface area contributed by atoms with Gasteiger partial charge >= 0.3 is 7.12 Å². The fraction of sp³-hybridized carbons (Fsp3) is 0.133. The van der Waals surface area contributed by atoms with E-state index in [0.29, 0.717) is 17.6 Å². The molecule has 6 heteroatoms.